The summed E-state index contributed by atoms with van der Waals surface area (Å²) in [7, 11) is 1.85. The SMILES string of the molecule is CN(Cc1c(C(=O)NN=Cc2ccc(OCC(=O)O)cc2)nnn1-c1nonc1N)c1ccccc1. The summed E-state index contributed by atoms with van der Waals surface area (Å²) in [5, 5.41) is 28.0. The molecule has 4 aromatic rings. The summed E-state index contributed by atoms with van der Waals surface area (Å²) >= 11 is 0. The molecule has 0 radical (unpaired) electrons. The molecule has 0 saturated heterocycles. The predicted molar refractivity (Wildman–Crippen MR) is 127 cm³/mol. The van der Waals surface area contributed by atoms with E-state index in [-0.39, 0.29) is 23.9 Å². The summed E-state index contributed by atoms with van der Waals surface area (Å²) in [6.07, 6.45) is 1.42. The highest BCUT2D eigenvalue weighted by atomic mass is 16.6. The molecule has 4 N–H and O–H groups in total. The number of carbonyl (C=O) groups is 2. The number of nitrogen functional groups attached to an aromatic ring is 1. The van der Waals surface area contributed by atoms with Crippen molar-refractivity contribution in [1.82, 2.24) is 30.7 Å². The number of carbonyl (C=O) groups excluding carboxylic acids is 1. The number of benzene rings is 2. The monoisotopic (exact) mass is 491 g/mol. The zero-order chi connectivity index (χ0) is 25.5. The van der Waals surface area contributed by atoms with E-state index >= 15 is 0 Å². The van der Waals surface area contributed by atoms with Crippen LogP contribution in [0.25, 0.3) is 5.82 Å². The number of para-hydroxylation sites is 1. The number of nitrogens with two attached hydrogens (primary N) is 1. The number of nitrogens with zero attached hydrogens (tertiary/aromatic N) is 7. The second kappa shape index (κ2) is 10.8. The predicted octanol–water partition coefficient (Wildman–Crippen LogP) is 1.10. The van der Waals surface area contributed by atoms with Crippen LogP contribution in [0.5, 0.6) is 5.75 Å². The molecule has 14 heteroatoms. The number of carboxylic acid groups (broad SMARTS) is 1. The van der Waals surface area contributed by atoms with E-state index in [1.165, 1.54) is 10.9 Å². The van der Waals surface area contributed by atoms with Crippen molar-refractivity contribution < 1.29 is 24.1 Å². The van der Waals surface area contributed by atoms with Crippen LogP contribution in [0.2, 0.25) is 0 Å². The first kappa shape index (κ1) is 23.9. The highest BCUT2D eigenvalue weighted by Crippen LogP contribution is 2.20. The number of rotatable bonds is 10. The molecule has 2 aromatic carbocycles. The number of hydrogen-bond donors (Lipinski definition) is 3. The molecule has 1 amide bonds. The molecule has 2 heterocycles. The van der Waals surface area contributed by atoms with Crippen molar-refractivity contribution in [3.05, 3.63) is 71.5 Å². The van der Waals surface area contributed by atoms with Crippen LogP contribution in [0, 0.1) is 0 Å². The average molecular weight is 491 g/mol. The van der Waals surface area contributed by atoms with Crippen LogP contribution in [-0.4, -0.2) is 62.2 Å². The molecule has 0 bridgehead atoms. The molecule has 184 valence electrons. The molecular formula is C22H21N9O5. The molecule has 4 rings (SSSR count). The van der Waals surface area contributed by atoms with Gasteiger partial charge in [-0.25, -0.2) is 14.8 Å². The quantitative estimate of drug-likeness (QED) is 0.213. The summed E-state index contributed by atoms with van der Waals surface area (Å²) in [4.78, 5) is 25.4. The summed E-state index contributed by atoms with van der Waals surface area (Å²) in [5.41, 5.74) is 10.2. The maximum Gasteiger partial charge on any atom is 0.341 e. The summed E-state index contributed by atoms with van der Waals surface area (Å²) < 4.78 is 11.0. The van der Waals surface area contributed by atoms with E-state index in [1.807, 2.05) is 42.3 Å². The number of ether oxygens (including phenoxy) is 1. The number of carboxylic acids is 1. The van der Waals surface area contributed by atoms with Crippen molar-refractivity contribution in [3.8, 4) is 11.6 Å². The molecule has 2 aromatic heterocycles. The zero-order valence-electron chi connectivity index (χ0n) is 19.0. The van der Waals surface area contributed by atoms with Gasteiger partial charge in [-0.05, 0) is 52.3 Å². The lowest BCUT2D eigenvalue weighted by atomic mass is 10.2. The van der Waals surface area contributed by atoms with E-state index in [0.29, 0.717) is 17.0 Å². The number of hydrogen-bond acceptors (Lipinski definition) is 11. The largest absolute Gasteiger partial charge is 0.482 e. The van der Waals surface area contributed by atoms with Crippen molar-refractivity contribution in [2.45, 2.75) is 6.54 Å². The lowest BCUT2D eigenvalue weighted by Crippen LogP contribution is -2.24. The van der Waals surface area contributed by atoms with Crippen LogP contribution >= 0.6 is 0 Å². The summed E-state index contributed by atoms with van der Waals surface area (Å²) in [5.74, 6) is -1.19. The van der Waals surface area contributed by atoms with E-state index in [2.05, 4.69) is 35.8 Å². The normalized spacial score (nSPS) is 10.9. The Morgan fingerprint density at radius 1 is 1.19 bits per heavy atom. The number of hydrazone groups is 1. The Kier molecular flexibility index (Phi) is 7.14. The fourth-order valence-corrected chi connectivity index (χ4v) is 3.14. The topological polar surface area (TPSA) is 187 Å². The molecule has 0 aliphatic heterocycles. The molecule has 0 fully saturated rings. The Morgan fingerprint density at radius 3 is 2.61 bits per heavy atom. The minimum atomic E-state index is -1.07. The van der Waals surface area contributed by atoms with E-state index in [0.717, 1.165) is 5.69 Å². The molecule has 14 nitrogen and oxygen atoms in total. The lowest BCUT2D eigenvalue weighted by Gasteiger charge is -2.19. The van der Waals surface area contributed by atoms with Crippen molar-refractivity contribution in [3.63, 3.8) is 0 Å². The fourth-order valence-electron chi connectivity index (χ4n) is 3.14. The highest BCUT2D eigenvalue weighted by Gasteiger charge is 2.25. The van der Waals surface area contributed by atoms with Crippen molar-refractivity contribution in [1.29, 1.82) is 0 Å². The lowest BCUT2D eigenvalue weighted by molar-refractivity contribution is -0.139. The molecule has 0 aliphatic rings. The van der Waals surface area contributed by atoms with Crippen LogP contribution in [0.15, 0.2) is 64.3 Å². The molecule has 0 spiro atoms. The van der Waals surface area contributed by atoms with Crippen LogP contribution in [0.4, 0.5) is 11.5 Å². The standard InChI is InChI=1S/C22H21N9O5/c1-30(15-5-3-2-4-6-15)12-17-19(25-29-31(17)21-20(23)27-36-28-21)22(34)26-24-11-14-7-9-16(10-8-14)35-13-18(32)33/h2-11H,12-13H2,1H3,(H2,23,27)(H,26,34)(H,32,33). The molecule has 0 unspecified atom stereocenters. The molecule has 0 aliphatic carbocycles. The smallest absolute Gasteiger partial charge is 0.341 e. The average Bonchev–Trinajstić information content (AvgIpc) is 3.49. The minimum Gasteiger partial charge on any atom is -0.482 e. The van der Waals surface area contributed by atoms with Crippen molar-refractivity contribution in [2.24, 2.45) is 5.10 Å². The van der Waals surface area contributed by atoms with Crippen molar-refractivity contribution >= 4 is 29.6 Å². The van der Waals surface area contributed by atoms with E-state index < -0.39 is 18.5 Å². The van der Waals surface area contributed by atoms with Crippen LogP contribution in [0.1, 0.15) is 21.7 Å². The summed E-state index contributed by atoms with van der Waals surface area (Å²) in [6, 6.07) is 16.0. The first-order valence-corrected chi connectivity index (χ1v) is 10.5. The third kappa shape index (κ3) is 5.61. The van der Waals surface area contributed by atoms with Gasteiger partial charge in [0.15, 0.2) is 12.3 Å². The van der Waals surface area contributed by atoms with Gasteiger partial charge in [-0.3, -0.25) is 4.79 Å². The van der Waals surface area contributed by atoms with Gasteiger partial charge in [0, 0.05) is 12.7 Å². The summed E-state index contributed by atoms with van der Waals surface area (Å²) in [6.45, 7) is -0.213. The van der Waals surface area contributed by atoms with Crippen LogP contribution in [0.3, 0.4) is 0 Å². The highest BCUT2D eigenvalue weighted by molar-refractivity contribution is 5.94. The zero-order valence-corrected chi connectivity index (χ0v) is 19.0. The van der Waals surface area contributed by atoms with Crippen LogP contribution < -0.4 is 20.8 Å². The molecule has 36 heavy (non-hydrogen) atoms. The van der Waals surface area contributed by atoms with E-state index in [9.17, 15) is 9.59 Å². The maximum atomic E-state index is 12.9. The van der Waals surface area contributed by atoms with Gasteiger partial charge in [0.1, 0.15) is 5.75 Å². The number of aliphatic carboxylic acids is 1. The van der Waals surface area contributed by atoms with E-state index in [4.69, 9.17) is 15.6 Å². The second-order valence-corrected chi connectivity index (χ2v) is 7.41. The molecule has 0 atom stereocenters. The maximum absolute atomic E-state index is 12.9. The molecule has 0 saturated carbocycles. The van der Waals surface area contributed by atoms with Gasteiger partial charge in [0.2, 0.25) is 11.6 Å². The van der Waals surface area contributed by atoms with Gasteiger partial charge in [0.25, 0.3) is 5.91 Å². The van der Waals surface area contributed by atoms with Crippen molar-refractivity contribution in [2.75, 3.05) is 24.3 Å². The minimum absolute atomic E-state index is 0.00903. The van der Waals surface area contributed by atoms with Gasteiger partial charge in [-0.1, -0.05) is 23.4 Å². The number of anilines is 2. The number of amides is 1. The Morgan fingerprint density at radius 2 is 1.94 bits per heavy atom. The van der Waals surface area contributed by atoms with E-state index in [1.54, 1.807) is 24.3 Å². The number of nitrogens with one attached hydrogen (secondary N) is 1. The van der Waals surface area contributed by atoms with Gasteiger partial charge in [-0.2, -0.15) is 9.78 Å². The first-order valence-electron chi connectivity index (χ1n) is 10.5. The molecular weight excluding hydrogens is 470 g/mol. The van der Waals surface area contributed by atoms with Gasteiger partial charge >= 0.3 is 5.97 Å². The fraction of sp³-hybridized carbons (Fsp3) is 0.136. The first-order chi connectivity index (χ1) is 17.4. The van der Waals surface area contributed by atoms with Gasteiger partial charge in [-0.15, -0.1) is 5.10 Å². The Bertz CT molecular complexity index is 1370. The van der Waals surface area contributed by atoms with Crippen LogP contribution in [-0.2, 0) is 11.3 Å². The Hall–Kier alpha value is -5.27. The van der Waals surface area contributed by atoms with Gasteiger partial charge in [0.05, 0.1) is 18.5 Å². The third-order valence-electron chi connectivity index (χ3n) is 4.88. The second-order valence-electron chi connectivity index (χ2n) is 7.41. The van der Waals surface area contributed by atoms with Gasteiger partial charge < -0.3 is 20.5 Å². The number of aromatic nitrogens is 5. The third-order valence-corrected chi connectivity index (χ3v) is 4.88. The Balaban J connectivity index is 1.51. The Labute approximate surface area is 203 Å².